The highest BCUT2D eigenvalue weighted by atomic mass is 32.2. The second-order valence-corrected chi connectivity index (χ2v) is 9.59. The molecule has 3 rings (SSSR count). The summed E-state index contributed by atoms with van der Waals surface area (Å²) in [6.07, 6.45) is 1.48. The molecule has 0 aliphatic carbocycles. The van der Waals surface area contributed by atoms with Crippen LogP contribution in [0.1, 0.15) is 26.6 Å². The Morgan fingerprint density at radius 1 is 1.16 bits per heavy atom. The quantitative estimate of drug-likeness (QED) is 0.450. The number of nitrogens with one attached hydrogen (secondary N) is 2. The zero-order chi connectivity index (χ0) is 22.3. The number of aryl methyl sites for hydroxylation is 1. The maximum Gasteiger partial charge on any atom is 0.255 e. The highest BCUT2D eigenvalue weighted by molar-refractivity contribution is 7.88. The maximum absolute atomic E-state index is 12.5. The van der Waals surface area contributed by atoms with Crippen molar-refractivity contribution in [1.82, 2.24) is 9.71 Å². The van der Waals surface area contributed by atoms with Gasteiger partial charge in [0.05, 0.1) is 16.5 Å². The molecule has 31 heavy (non-hydrogen) atoms. The van der Waals surface area contributed by atoms with E-state index in [1.165, 1.54) is 6.08 Å². The second kappa shape index (κ2) is 10.3. The Kier molecular flexibility index (Phi) is 7.56. The Morgan fingerprint density at radius 2 is 1.87 bits per heavy atom. The van der Waals surface area contributed by atoms with Gasteiger partial charge in [-0.2, -0.15) is 0 Å². The summed E-state index contributed by atoms with van der Waals surface area (Å²) >= 11 is 1.57. The Morgan fingerprint density at radius 3 is 2.48 bits per heavy atom. The number of hydrogen-bond donors (Lipinski definition) is 2. The lowest BCUT2D eigenvalue weighted by Gasteiger charge is -2.09. The van der Waals surface area contributed by atoms with Crippen molar-refractivity contribution in [3.63, 3.8) is 0 Å². The molecule has 7 nitrogen and oxygen atoms in total. The fraction of sp³-hybridized carbons (Fsp3) is 0.182. The number of rotatable bonds is 10. The van der Waals surface area contributed by atoms with Crippen LogP contribution in [0.25, 0.3) is 0 Å². The van der Waals surface area contributed by atoms with Crippen molar-refractivity contribution in [3.8, 4) is 5.75 Å². The summed E-state index contributed by atoms with van der Waals surface area (Å²) in [5, 5.41) is 5.74. The van der Waals surface area contributed by atoms with Gasteiger partial charge in [0, 0.05) is 23.2 Å². The minimum absolute atomic E-state index is 0.142. The summed E-state index contributed by atoms with van der Waals surface area (Å²) < 4.78 is 32.0. The van der Waals surface area contributed by atoms with Gasteiger partial charge in [-0.3, -0.25) is 4.79 Å². The summed E-state index contributed by atoms with van der Waals surface area (Å²) in [6.45, 7) is 5.99. The van der Waals surface area contributed by atoms with Crippen LogP contribution in [-0.2, 0) is 22.4 Å². The lowest BCUT2D eigenvalue weighted by molar-refractivity contribution is 0.102. The monoisotopic (exact) mass is 457 g/mol. The Labute approximate surface area is 185 Å². The zero-order valence-corrected chi connectivity index (χ0v) is 18.6. The average Bonchev–Trinajstić information content (AvgIpc) is 3.17. The highest BCUT2D eigenvalue weighted by Gasteiger charge is 2.11. The number of carbonyl (C=O) groups excluding carboxylic acids is 1. The fourth-order valence-electron chi connectivity index (χ4n) is 2.68. The molecular formula is C22H23N3O4S2. The van der Waals surface area contributed by atoms with Crippen LogP contribution in [-0.4, -0.2) is 25.9 Å². The first-order chi connectivity index (χ1) is 14.8. The normalized spacial score (nSPS) is 11.1. The molecule has 0 radical (unpaired) electrons. The van der Waals surface area contributed by atoms with Crippen LogP contribution in [0.15, 0.2) is 66.6 Å². The number of anilines is 1. The minimum Gasteiger partial charge on any atom is -0.487 e. The molecule has 0 aliphatic heterocycles. The highest BCUT2D eigenvalue weighted by Crippen LogP contribution is 2.17. The molecule has 0 aliphatic rings. The summed E-state index contributed by atoms with van der Waals surface area (Å²) in [5.41, 5.74) is 2.55. The van der Waals surface area contributed by atoms with Crippen LogP contribution >= 0.6 is 11.3 Å². The average molecular weight is 458 g/mol. The third-order valence-electron chi connectivity index (χ3n) is 4.19. The van der Waals surface area contributed by atoms with E-state index in [0.29, 0.717) is 29.2 Å². The van der Waals surface area contributed by atoms with Crippen LogP contribution in [0, 0.1) is 6.92 Å². The summed E-state index contributed by atoms with van der Waals surface area (Å²) in [6, 6.07) is 13.5. The Balaban J connectivity index is 1.54. The van der Waals surface area contributed by atoms with E-state index in [-0.39, 0.29) is 18.2 Å². The van der Waals surface area contributed by atoms with Gasteiger partial charge in [0.2, 0.25) is 10.0 Å². The number of benzene rings is 2. The summed E-state index contributed by atoms with van der Waals surface area (Å²) in [4.78, 5) is 16.8. The number of sulfonamides is 1. The van der Waals surface area contributed by atoms with Crippen molar-refractivity contribution >= 4 is 33.0 Å². The van der Waals surface area contributed by atoms with E-state index in [2.05, 4.69) is 21.6 Å². The SMILES string of the molecule is C=CCNS(=O)(=O)Cc1ccc(NC(=O)c2ccc(OCc3csc(C)n3)cc2)cc1. The molecule has 1 heterocycles. The molecule has 162 valence electrons. The predicted octanol–water partition coefficient (Wildman–Crippen LogP) is 3.89. The first-order valence-electron chi connectivity index (χ1n) is 9.47. The molecule has 2 aromatic carbocycles. The predicted molar refractivity (Wildman–Crippen MR) is 123 cm³/mol. The van der Waals surface area contributed by atoms with Crippen molar-refractivity contribution in [2.75, 3.05) is 11.9 Å². The molecule has 0 atom stereocenters. The number of amides is 1. The van der Waals surface area contributed by atoms with Crippen molar-refractivity contribution < 1.29 is 17.9 Å². The Bertz CT molecular complexity index is 1140. The van der Waals surface area contributed by atoms with Gasteiger partial charge >= 0.3 is 0 Å². The standard InChI is InChI=1S/C22H23N3O4S2/c1-3-12-23-31(27,28)15-17-4-8-19(9-5-17)25-22(26)18-6-10-21(11-7-18)29-13-20-14-30-16(2)24-20/h3-11,14,23H,1,12-13,15H2,2H3,(H,25,26). The fourth-order valence-corrected chi connectivity index (χ4v) is 4.38. The van der Waals surface area contributed by atoms with E-state index in [9.17, 15) is 13.2 Å². The molecule has 0 fully saturated rings. The van der Waals surface area contributed by atoms with Crippen molar-refractivity contribution in [3.05, 3.63) is 88.4 Å². The van der Waals surface area contributed by atoms with Crippen LogP contribution in [0.3, 0.4) is 0 Å². The largest absolute Gasteiger partial charge is 0.487 e. The molecule has 0 saturated heterocycles. The maximum atomic E-state index is 12.5. The molecule has 2 N–H and O–H groups in total. The van der Waals surface area contributed by atoms with E-state index < -0.39 is 10.0 Å². The number of carbonyl (C=O) groups is 1. The van der Waals surface area contributed by atoms with Crippen molar-refractivity contribution in [2.45, 2.75) is 19.3 Å². The summed E-state index contributed by atoms with van der Waals surface area (Å²) in [5.74, 6) is 0.240. The molecule has 0 spiro atoms. The first kappa shape index (κ1) is 22.7. The molecular weight excluding hydrogens is 434 g/mol. The third-order valence-corrected chi connectivity index (χ3v) is 6.33. The molecule has 0 unspecified atom stereocenters. The smallest absolute Gasteiger partial charge is 0.255 e. The number of hydrogen-bond acceptors (Lipinski definition) is 6. The molecule has 1 aromatic heterocycles. The van der Waals surface area contributed by atoms with Gasteiger partial charge in [-0.05, 0) is 48.9 Å². The number of aromatic nitrogens is 1. The van der Waals surface area contributed by atoms with Gasteiger partial charge in [-0.25, -0.2) is 18.1 Å². The Hall–Kier alpha value is -3.01. The zero-order valence-electron chi connectivity index (χ0n) is 17.0. The number of thiazole rings is 1. The van der Waals surface area contributed by atoms with Crippen LogP contribution < -0.4 is 14.8 Å². The molecule has 9 heteroatoms. The van der Waals surface area contributed by atoms with Gasteiger partial charge in [0.15, 0.2) is 0 Å². The van der Waals surface area contributed by atoms with Crippen molar-refractivity contribution in [2.24, 2.45) is 0 Å². The van der Waals surface area contributed by atoms with E-state index in [1.54, 1.807) is 59.9 Å². The van der Waals surface area contributed by atoms with Gasteiger partial charge in [-0.1, -0.05) is 18.2 Å². The molecule has 0 saturated carbocycles. The van der Waals surface area contributed by atoms with Gasteiger partial charge < -0.3 is 10.1 Å². The van der Waals surface area contributed by atoms with E-state index >= 15 is 0 Å². The van der Waals surface area contributed by atoms with Gasteiger partial charge in [0.1, 0.15) is 12.4 Å². The van der Waals surface area contributed by atoms with Crippen LogP contribution in [0.2, 0.25) is 0 Å². The van der Waals surface area contributed by atoms with Crippen LogP contribution in [0.5, 0.6) is 5.75 Å². The second-order valence-electron chi connectivity index (χ2n) is 6.72. The lowest BCUT2D eigenvalue weighted by atomic mass is 10.2. The number of nitrogens with zero attached hydrogens (tertiary/aromatic N) is 1. The molecule has 1 amide bonds. The third kappa shape index (κ3) is 7.02. The topological polar surface area (TPSA) is 97.4 Å². The van der Waals surface area contributed by atoms with Crippen LogP contribution in [0.4, 0.5) is 5.69 Å². The minimum atomic E-state index is -3.43. The number of ether oxygens (including phenoxy) is 1. The van der Waals surface area contributed by atoms with E-state index in [1.807, 2.05) is 12.3 Å². The first-order valence-corrected chi connectivity index (χ1v) is 12.0. The van der Waals surface area contributed by atoms with E-state index in [0.717, 1.165) is 10.7 Å². The van der Waals surface area contributed by atoms with E-state index in [4.69, 9.17) is 4.74 Å². The molecule has 0 bridgehead atoms. The molecule has 3 aromatic rings. The van der Waals surface area contributed by atoms with Gasteiger partial charge in [-0.15, -0.1) is 17.9 Å². The lowest BCUT2D eigenvalue weighted by Crippen LogP contribution is -2.25. The van der Waals surface area contributed by atoms with Crippen molar-refractivity contribution in [1.29, 1.82) is 0 Å². The van der Waals surface area contributed by atoms with Gasteiger partial charge in [0.25, 0.3) is 5.91 Å². The summed E-state index contributed by atoms with van der Waals surface area (Å²) in [7, 11) is -3.43.